The fourth-order valence-corrected chi connectivity index (χ4v) is 4.96. The molecule has 1 fully saturated rings. The fourth-order valence-electron chi connectivity index (χ4n) is 4.76. The number of hydrogen-bond donors (Lipinski definition) is 1. The minimum atomic E-state index is 0.00344. The van der Waals surface area contributed by atoms with E-state index in [2.05, 4.69) is 11.9 Å². The molecular weight excluding hydrogens is 420 g/mol. The third-order valence-electron chi connectivity index (χ3n) is 6.44. The van der Waals surface area contributed by atoms with E-state index in [0.29, 0.717) is 17.5 Å². The number of aromatic nitrogens is 1. The molecule has 1 heterocycles. The van der Waals surface area contributed by atoms with Crippen LogP contribution in [-0.4, -0.2) is 16.6 Å². The average Bonchev–Trinajstić information content (AvgIpc) is 2.77. The van der Waals surface area contributed by atoms with E-state index >= 15 is 0 Å². The summed E-state index contributed by atoms with van der Waals surface area (Å²) in [6, 6.07) is 16.0. The van der Waals surface area contributed by atoms with Crippen LogP contribution in [0.4, 0.5) is 0 Å². The SMILES string of the molecule is CCCC1(N)CCCC(Oc2cc3ccnc(OCc4ccccc4)c3cc2Cl)CCC1. The molecule has 0 amide bonds. The first-order valence-electron chi connectivity index (χ1n) is 11.8. The Morgan fingerprint density at radius 1 is 1.09 bits per heavy atom. The molecule has 0 bridgehead atoms. The highest BCUT2D eigenvalue weighted by molar-refractivity contribution is 6.33. The van der Waals surface area contributed by atoms with Crippen LogP contribution in [0.1, 0.15) is 63.9 Å². The Kier molecular flexibility index (Phi) is 7.54. The lowest BCUT2D eigenvalue weighted by atomic mass is 9.81. The maximum absolute atomic E-state index is 6.64. The van der Waals surface area contributed by atoms with Crippen molar-refractivity contribution < 1.29 is 9.47 Å². The van der Waals surface area contributed by atoms with Gasteiger partial charge in [0.1, 0.15) is 12.4 Å². The van der Waals surface area contributed by atoms with Gasteiger partial charge in [-0.15, -0.1) is 0 Å². The Balaban J connectivity index is 1.45. The summed E-state index contributed by atoms with van der Waals surface area (Å²) in [4.78, 5) is 4.43. The van der Waals surface area contributed by atoms with Gasteiger partial charge in [-0.05, 0) is 74.1 Å². The van der Waals surface area contributed by atoms with Crippen LogP contribution >= 0.6 is 11.6 Å². The molecule has 32 heavy (non-hydrogen) atoms. The smallest absolute Gasteiger partial charge is 0.221 e. The molecule has 0 radical (unpaired) electrons. The number of rotatable bonds is 7. The van der Waals surface area contributed by atoms with Gasteiger partial charge in [0.15, 0.2) is 0 Å². The summed E-state index contributed by atoms with van der Waals surface area (Å²) in [6.45, 7) is 2.68. The molecule has 3 aromatic rings. The van der Waals surface area contributed by atoms with Crippen molar-refractivity contribution in [1.82, 2.24) is 4.98 Å². The molecule has 1 aliphatic rings. The molecule has 4 rings (SSSR count). The Morgan fingerprint density at radius 2 is 1.84 bits per heavy atom. The fraction of sp³-hybridized carbons (Fsp3) is 0.444. The normalized spacial score (nSPS) is 21.7. The van der Waals surface area contributed by atoms with E-state index in [1.54, 1.807) is 6.20 Å². The van der Waals surface area contributed by atoms with Crippen LogP contribution in [0.25, 0.3) is 10.8 Å². The molecular formula is C27H33ClN2O2. The molecule has 5 heteroatoms. The zero-order valence-corrected chi connectivity index (χ0v) is 19.6. The third-order valence-corrected chi connectivity index (χ3v) is 6.74. The van der Waals surface area contributed by atoms with Gasteiger partial charge in [0.2, 0.25) is 5.88 Å². The third kappa shape index (κ3) is 5.73. The molecule has 2 N–H and O–H groups in total. The van der Waals surface area contributed by atoms with Crippen molar-refractivity contribution in [2.75, 3.05) is 0 Å². The number of benzene rings is 2. The summed E-state index contributed by atoms with van der Waals surface area (Å²) in [5.74, 6) is 1.32. The molecule has 0 atom stereocenters. The van der Waals surface area contributed by atoms with Gasteiger partial charge < -0.3 is 15.2 Å². The first-order valence-corrected chi connectivity index (χ1v) is 12.1. The molecule has 0 spiro atoms. The minimum absolute atomic E-state index is 0.00344. The Bertz CT molecular complexity index is 1010. The largest absolute Gasteiger partial charge is 0.489 e. The van der Waals surface area contributed by atoms with Crippen LogP contribution in [-0.2, 0) is 6.61 Å². The van der Waals surface area contributed by atoms with Crippen molar-refractivity contribution >= 4 is 22.4 Å². The Labute approximate surface area is 196 Å². The van der Waals surface area contributed by atoms with Crippen LogP contribution < -0.4 is 15.2 Å². The van der Waals surface area contributed by atoms with Gasteiger partial charge in [-0.3, -0.25) is 0 Å². The van der Waals surface area contributed by atoms with Gasteiger partial charge in [0, 0.05) is 17.1 Å². The molecule has 1 saturated carbocycles. The van der Waals surface area contributed by atoms with E-state index in [9.17, 15) is 0 Å². The Morgan fingerprint density at radius 3 is 2.56 bits per heavy atom. The highest BCUT2D eigenvalue weighted by Gasteiger charge is 2.27. The van der Waals surface area contributed by atoms with Gasteiger partial charge in [-0.2, -0.15) is 0 Å². The van der Waals surface area contributed by atoms with E-state index in [0.717, 1.165) is 73.5 Å². The average molecular weight is 453 g/mol. The maximum Gasteiger partial charge on any atom is 0.221 e. The van der Waals surface area contributed by atoms with E-state index in [1.807, 2.05) is 48.5 Å². The summed E-state index contributed by atoms with van der Waals surface area (Å²) in [7, 11) is 0. The zero-order valence-electron chi connectivity index (χ0n) is 18.9. The van der Waals surface area contributed by atoms with Gasteiger partial charge in [-0.25, -0.2) is 4.98 Å². The standard InChI is InChI=1S/C27H33ClN2O2/c1-2-13-27(29)14-6-10-22(11-7-15-27)32-25-17-21-12-16-30-26(23(21)18-24(25)28)31-19-20-8-4-3-5-9-20/h3-5,8-9,12,16-18,22H,2,6-7,10-11,13-15,19,29H2,1H3. The highest BCUT2D eigenvalue weighted by atomic mass is 35.5. The molecule has 0 aliphatic heterocycles. The number of halogens is 1. The van der Waals surface area contributed by atoms with Crippen LogP contribution in [0.3, 0.4) is 0 Å². The number of nitrogens with zero attached hydrogens (tertiary/aromatic N) is 1. The zero-order chi connectivity index (χ0) is 22.4. The van der Waals surface area contributed by atoms with Crippen molar-refractivity contribution in [3.8, 4) is 11.6 Å². The number of nitrogens with two attached hydrogens (primary N) is 1. The second-order valence-corrected chi connectivity index (χ2v) is 9.44. The van der Waals surface area contributed by atoms with Crippen LogP contribution in [0.15, 0.2) is 54.7 Å². The highest BCUT2D eigenvalue weighted by Crippen LogP contribution is 2.36. The molecule has 1 aromatic heterocycles. The van der Waals surface area contributed by atoms with Crippen LogP contribution in [0.2, 0.25) is 5.02 Å². The van der Waals surface area contributed by atoms with E-state index in [1.165, 1.54) is 0 Å². The van der Waals surface area contributed by atoms with Gasteiger partial charge in [0.25, 0.3) is 0 Å². The molecule has 0 saturated heterocycles. The lowest BCUT2D eigenvalue weighted by Gasteiger charge is -2.33. The van der Waals surface area contributed by atoms with Gasteiger partial charge >= 0.3 is 0 Å². The van der Waals surface area contributed by atoms with Crippen molar-refractivity contribution in [3.05, 3.63) is 65.3 Å². The van der Waals surface area contributed by atoms with E-state index in [-0.39, 0.29) is 11.6 Å². The predicted octanol–water partition coefficient (Wildman–Crippen LogP) is 7.07. The summed E-state index contributed by atoms with van der Waals surface area (Å²) in [6.07, 6.45) is 10.5. The molecule has 0 unspecified atom stereocenters. The monoisotopic (exact) mass is 452 g/mol. The van der Waals surface area contributed by atoms with Crippen molar-refractivity contribution in [2.24, 2.45) is 5.73 Å². The first kappa shape index (κ1) is 22.9. The molecule has 170 valence electrons. The summed E-state index contributed by atoms with van der Waals surface area (Å²) >= 11 is 6.64. The van der Waals surface area contributed by atoms with E-state index in [4.69, 9.17) is 26.8 Å². The first-order chi connectivity index (χ1) is 15.6. The summed E-state index contributed by atoms with van der Waals surface area (Å²) in [5, 5.41) is 2.50. The van der Waals surface area contributed by atoms with Gasteiger partial charge in [-0.1, -0.05) is 55.3 Å². The topological polar surface area (TPSA) is 57.4 Å². The number of fused-ring (bicyclic) bond motifs is 1. The quantitative estimate of drug-likeness (QED) is 0.416. The molecule has 4 nitrogen and oxygen atoms in total. The number of ether oxygens (including phenoxy) is 2. The Hall–Kier alpha value is -2.30. The van der Waals surface area contributed by atoms with Crippen molar-refractivity contribution in [2.45, 2.75) is 76.5 Å². The predicted molar refractivity (Wildman–Crippen MR) is 131 cm³/mol. The van der Waals surface area contributed by atoms with Crippen LogP contribution in [0, 0.1) is 0 Å². The van der Waals surface area contributed by atoms with Crippen molar-refractivity contribution in [1.29, 1.82) is 0 Å². The van der Waals surface area contributed by atoms with E-state index < -0.39 is 0 Å². The number of hydrogen-bond acceptors (Lipinski definition) is 4. The summed E-state index contributed by atoms with van der Waals surface area (Å²) < 4.78 is 12.4. The maximum atomic E-state index is 6.64. The lowest BCUT2D eigenvalue weighted by Crippen LogP contribution is -2.41. The van der Waals surface area contributed by atoms with Crippen molar-refractivity contribution in [3.63, 3.8) is 0 Å². The summed E-state index contributed by atoms with van der Waals surface area (Å²) in [5.41, 5.74) is 7.72. The minimum Gasteiger partial charge on any atom is -0.489 e. The van der Waals surface area contributed by atoms with Crippen LogP contribution in [0.5, 0.6) is 11.6 Å². The second kappa shape index (κ2) is 10.5. The number of pyridine rings is 1. The molecule has 1 aliphatic carbocycles. The van der Waals surface area contributed by atoms with Gasteiger partial charge in [0.05, 0.1) is 11.1 Å². The molecule has 2 aromatic carbocycles. The lowest BCUT2D eigenvalue weighted by molar-refractivity contribution is 0.149. The second-order valence-electron chi connectivity index (χ2n) is 9.03.